The summed E-state index contributed by atoms with van der Waals surface area (Å²) in [5.74, 6) is -1.70. The molecule has 0 fully saturated rings. The Hall–Kier alpha value is -0.990. The van der Waals surface area contributed by atoms with Crippen molar-refractivity contribution in [2.45, 2.75) is 0 Å². The highest BCUT2D eigenvalue weighted by molar-refractivity contribution is 5.48. The molecule has 0 aliphatic rings. The standard InChI is InChI=1S/C3H2O3/c4-1-2(5)3(1)6/h4-5H/p-2. The van der Waals surface area contributed by atoms with Gasteiger partial charge in [-0.3, -0.25) is 4.79 Å². The average Bonchev–Trinajstić information content (AvgIpc) is 1.94. The lowest BCUT2D eigenvalue weighted by Crippen LogP contribution is -1.85. The second-order valence-corrected chi connectivity index (χ2v) is 0.987. The zero-order chi connectivity index (χ0) is 4.73. The maximum atomic E-state index is 9.52. The van der Waals surface area contributed by atoms with Crippen molar-refractivity contribution in [2.24, 2.45) is 0 Å². The van der Waals surface area contributed by atoms with Crippen LogP contribution in [0.25, 0.3) is 0 Å². The van der Waals surface area contributed by atoms with Gasteiger partial charge in [-0.1, -0.05) is 11.5 Å². The minimum Gasteiger partial charge on any atom is -0.870 e. The number of hydrogen-bond acceptors (Lipinski definition) is 3. The van der Waals surface area contributed by atoms with Gasteiger partial charge in [-0.05, 0) is 0 Å². The van der Waals surface area contributed by atoms with Gasteiger partial charge in [-0.2, -0.15) is 0 Å². The van der Waals surface area contributed by atoms with Crippen LogP contribution in [0.3, 0.4) is 0 Å². The van der Waals surface area contributed by atoms with Crippen LogP contribution in [0.5, 0.6) is 11.5 Å². The Kier molecular flexibility index (Phi) is 0.303. The molecular weight excluding hydrogens is 84.0 g/mol. The van der Waals surface area contributed by atoms with Crippen molar-refractivity contribution in [1.82, 2.24) is 0 Å². The van der Waals surface area contributed by atoms with E-state index in [1.165, 1.54) is 0 Å². The van der Waals surface area contributed by atoms with Gasteiger partial charge in [0.05, 0.1) is 0 Å². The van der Waals surface area contributed by atoms with Crippen molar-refractivity contribution < 1.29 is 10.2 Å². The molecule has 0 aliphatic carbocycles. The lowest BCUT2D eigenvalue weighted by molar-refractivity contribution is -0.300. The number of hydrogen-bond donors (Lipinski definition) is 0. The summed E-state index contributed by atoms with van der Waals surface area (Å²) in [5, 5.41) is 19.0. The highest BCUT2D eigenvalue weighted by Crippen LogP contribution is 2.15. The van der Waals surface area contributed by atoms with E-state index in [0.29, 0.717) is 0 Å². The third-order valence-electron chi connectivity index (χ3n) is 0.556. The normalized spacial score (nSPS) is 10.0. The summed E-state index contributed by atoms with van der Waals surface area (Å²) in [6.45, 7) is 0. The van der Waals surface area contributed by atoms with Crippen LogP contribution in [0, 0.1) is 0 Å². The van der Waals surface area contributed by atoms with Crippen LogP contribution in [0.4, 0.5) is 0 Å². The van der Waals surface area contributed by atoms with Crippen LogP contribution < -0.4 is 15.6 Å². The first-order valence-corrected chi connectivity index (χ1v) is 1.36. The molecule has 1 aromatic rings. The third-order valence-corrected chi connectivity index (χ3v) is 0.556. The molecule has 3 heteroatoms. The topological polar surface area (TPSA) is 63.2 Å². The average molecular weight is 84.0 g/mol. The Balaban J connectivity index is 3.11. The van der Waals surface area contributed by atoms with Gasteiger partial charge in [-0.25, -0.2) is 0 Å². The number of rotatable bonds is 0. The molecule has 0 heterocycles. The molecule has 0 unspecified atom stereocenters. The fourth-order valence-corrected chi connectivity index (χ4v) is 0.139. The Morgan fingerprint density at radius 2 is 1.33 bits per heavy atom. The zero-order valence-electron chi connectivity index (χ0n) is 2.72. The van der Waals surface area contributed by atoms with E-state index in [0.717, 1.165) is 0 Å². The summed E-state index contributed by atoms with van der Waals surface area (Å²) < 4.78 is 0. The largest absolute Gasteiger partial charge is 0.870 e. The van der Waals surface area contributed by atoms with E-state index in [2.05, 4.69) is 0 Å². The fraction of sp³-hybridized carbons (Fsp3) is 0. The van der Waals surface area contributed by atoms with Crippen molar-refractivity contribution in [1.29, 1.82) is 0 Å². The molecule has 0 bridgehead atoms. The van der Waals surface area contributed by atoms with Crippen molar-refractivity contribution in [3.63, 3.8) is 0 Å². The lowest BCUT2D eigenvalue weighted by Gasteiger charge is -1.88. The van der Waals surface area contributed by atoms with E-state index < -0.39 is 16.9 Å². The van der Waals surface area contributed by atoms with E-state index >= 15 is 0 Å². The summed E-state index contributed by atoms with van der Waals surface area (Å²) in [6, 6.07) is 0. The van der Waals surface area contributed by atoms with E-state index in [1.807, 2.05) is 0 Å². The highest BCUT2D eigenvalue weighted by Gasteiger charge is 1.96. The molecule has 0 radical (unpaired) electrons. The first-order valence-electron chi connectivity index (χ1n) is 1.36. The summed E-state index contributed by atoms with van der Waals surface area (Å²) in [4.78, 5) is 9.52. The van der Waals surface area contributed by atoms with Crippen LogP contribution in [0.1, 0.15) is 0 Å². The van der Waals surface area contributed by atoms with Crippen LogP contribution in [-0.4, -0.2) is 0 Å². The molecule has 1 rings (SSSR count). The van der Waals surface area contributed by atoms with Crippen molar-refractivity contribution >= 4 is 0 Å². The summed E-state index contributed by atoms with van der Waals surface area (Å²) in [6.07, 6.45) is 0. The van der Waals surface area contributed by atoms with Gasteiger partial charge < -0.3 is 10.2 Å². The molecule has 0 aliphatic heterocycles. The van der Waals surface area contributed by atoms with E-state index in [1.54, 1.807) is 0 Å². The Bertz CT molecular complexity index is 152. The van der Waals surface area contributed by atoms with Crippen LogP contribution in [0.2, 0.25) is 0 Å². The predicted octanol–water partition coefficient (Wildman–Crippen LogP) is -1.93. The van der Waals surface area contributed by atoms with Gasteiger partial charge in [0, 0.05) is 0 Å². The van der Waals surface area contributed by atoms with E-state index in [-0.39, 0.29) is 0 Å². The fourth-order valence-electron chi connectivity index (χ4n) is 0.139. The molecule has 32 valence electrons. The van der Waals surface area contributed by atoms with Crippen LogP contribution in [0.15, 0.2) is 4.79 Å². The maximum absolute atomic E-state index is 9.52. The molecule has 0 aromatic heterocycles. The Morgan fingerprint density at radius 3 is 1.33 bits per heavy atom. The Labute approximate surface area is 33.1 Å². The SMILES string of the molecule is O=c1c([O-])c1[O-]. The van der Waals surface area contributed by atoms with Crippen LogP contribution in [-0.2, 0) is 0 Å². The molecule has 1 aromatic carbocycles. The van der Waals surface area contributed by atoms with E-state index in [4.69, 9.17) is 0 Å². The van der Waals surface area contributed by atoms with Crippen molar-refractivity contribution in [3.8, 4) is 11.5 Å². The molecule has 0 saturated carbocycles. The van der Waals surface area contributed by atoms with Gasteiger partial charge in [0.1, 0.15) is 0 Å². The molecule has 0 spiro atoms. The third kappa shape index (κ3) is 0.150. The smallest absolute Gasteiger partial charge is 0.162 e. The minimum absolute atomic E-state index is 0.852. The lowest BCUT2D eigenvalue weighted by atomic mass is 11.0. The maximum Gasteiger partial charge on any atom is 0.162 e. The van der Waals surface area contributed by atoms with Gasteiger partial charge in [0.25, 0.3) is 0 Å². The molecule has 6 heavy (non-hydrogen) atoms. The highest BCUT2D eigenvalue weighted by atomic mass is 16.3. The second kappa shape index (κ2) is 0.566. The minimum atomic E-state index is -0.852. The molecular formula is C3O3-2. The summed E-state index contributed by atoms with van der Waals surface area (Å²) in [7, 11) is 0. The van der Waals surface area contributed by atoms with Gasteiger partial charge in [0.2, 0.25) is 0 Å². The first kappa shape index (κ1) is 3.21. The monoisotopic (exact) mass is 84.0 g/mol. The molecule has 0 amide bonds. The quantitative estimate of drug-likeness (QED) is 0.367. The van der Waals surface area contributed by atoms with Gasteiger partial charge >= 0.3 is 0 Å². The van der Waals surface area contributed by atoms with Gasteiger partial charge in [0.15, 0.2) is 5.43 Å². The van der Waals surface area contributed by atoms with Gasteiger partial charge in [-0.15, -0.1) is 0 Å². The summed E-state index contributed by atoms with van der Waals surface area (Å²) >= 11 is 0. The molecule has 0 atom stereocenters. The van der Waals surface area contributed by atoms with Crippen molar-refractivity contribution in [2.75, 3.05) is 0 Å². The first-order chi connectivity index (χ1) is 2.73. The Morgan fingerprint density at radius 1 is 1.17 bits per heavy atom. The van der Waals surface area contributed by atoms with E-state index in [9.17, 15) is 15.0 Å². The zero-order valence-corrected chi connectivity index (χ0v) is 2.72. The summed E-state index contributed by atoms with van der Waals surface area (Å²) in [5.41, 5.74) is -0.852. The predicted molar refractivity (Wildman–Crippen MR) is 14.0 cm³/mol. The van der Waals surface area contributed by atoms with Crippen LogP contribution >= 0.6 is 0 Å². The van der Waals surface area contributed by atoms with Crippen molar-refractivity contribution in [3.05, 3.63) is 10.2 Å². The molecule has 0 N–H and O–H groups in total. The molecule has 3 nitrogen and oxygen atoms in total. The molecule has 0 saturated heterocycles. The second-order valence-electron chi connectivity index (χ2n) is 0.987.